The van der Waals surface area contributed by atoms with Gasteiger partial charge in [-0.15, -0.1) is 0 Å². The molecule has 4 heteroatoms. The molecule has 1 saturated heterocycles. The van der Waals surface area contributed by atoms with E-state index in [0.29, 0.717) is 19.3 Å². The van der Waals surface area contributed by atoms with Gasteiger partial charge in [0, 0.05) is 6.04 Å². The van der Waals surface area contributed by atoms with Crippen LogP contribution in [0.4, 0.5) is 0 Å². The fraction of sp³-hybridized carbons (Fsp3) is 0.909. The molecule has 1 saturated carbocycles. The second kappa shape index (κ2) is 4.49. The summed E-state index contributed by atoms with van der Waals surface area (Å²) >= 11 is 0. The van der Waals surface area contributed by atoms with Gasteiger partial charge in [0.25, 0.3) is 0 Å². The number of aliphatic hydroxyl groups is 1. The molecule has 2 N–H and O–H groups in total. The van der Waals surface area contributed by atoms with Crippen LogP contribution in [0.1, 0.15) is 32.1 Å². The Balaban J connectivity index is 1.85. The summed E-state index contributed by atoms with van der Waals surface area (Å²) in [5.74, 6) is -0.0249. The van der Waals surface area contributed by atoms with Gasteiger partial charge in [-0.3, -0.25) is 4.79 Å². The molecule has 0 aromatic heterocycles. The van der Waals surface area contributed by atoms with Crippen LogP contribution in [0.3, 0.4) is 0 Å². The number of rotatable bonds is 3. The van der Waals surface area contributed by atoms with Crippen molar-refractivity contribution in [2.24, 2.45) is 5.41 Å². The van der Waals surface area contributed by atoms with E-state index in [1.165, 1.54) is 19.3 Å². The Morgan fingerprint density at radius 3 is 2.47 bits per heavy atom. The molecule has 0 aromatic rings. The van der Waals surface area contributed by atoms with Gasteiger partial charge in [-0.25, -0.2) is 0 Å². The lowest BCUT2D eigenvalue weighted by atomic mass is 9.85. The largest absolute Gasteiger partial charge is 0.395 e. The zero-order valence-electron chi connectivity index (χ0n) is 9.00. The van der Waals surface area contributed by atoms with E-state index in [1.807, 2.05) is 0 Å². The third-order valence-electron chi connectivity index (χ3n) is 3.48. The third-order valence-corrected chi connectivity index (χ3v) is 3.48. The smallest absolute Gasteiger partial charge is 0.233 e. The second-order valence-electron chi connectivity index (χ2n) is 4.74. The first kappa shape index (κ1) is 10.9. The molecule has 1 amide bonds. The van der Waals surface area contributed by atoms with E-state index in [0.717, 1.165) is 12.8 Å². The molecule has 4 nitrogen and oxygen atoms in total. The number of carbonyl (C=O) groups is 1. The third kappa shape index (κ3) is 2.16. The molecule has 0 aromatic carbocycles. The number of nitrogens with one attached hydrogen (secondary N) is 1. The molecule has 86 valence electrons. The molecule has 2 rings (SSSR count). The van der Waals surface area contributed by atoms with Crippen molar-refractivity contribution < 1.29 is 14.6 Å². The standard InChI is InChI=1S/C11H19NO3/c13-6-11(7-15-8-11)10(14)12-9-4-2-1-3-5-9/h9,13H,1-8H2,(H,12,14). The van der Waals surface area contributed by atoms with Gasteiger partial charge in [0.1, 0.15) is 5.41 Å². The second-order valence-corrected chi connectivity index (χ2v) is 4.74. The lowest BCUT2D eigenvalue weighted by Crippen LogP contribution is -2.58. The molecule has 1 heterocycles. The average molecular weight is 213 g/mol. The summed E-state index contributed by atoms with van der Waals surface area (Å²) in [6.45, 7) is 0.621. The van der Waals surface area contributed by atoms with Crippen molar-refractivity contribution in [3.63, 3.8) is 0 Å². The number of hydrogen-bond acceptors (Lipinski definition) is 3. The summed E-state index contributed by atoms with van der Waals surface area (Å²) in [6, 6.07) is 0.315. The maximum atomic E-state index is 11.9. The molecule has 0 radical (unpaired) electrons. The van der Waals surface area contributed by atoms with Gasteiger partial charge < -0.3 is 15.2 Å². The number of hydrogen-bond donors (Lipinski definition) is 2. The predicted octanol–water partition coefficient (Wildman–Crippen LogP) is 0.444. The first-order valence-corrected chi connectivity index (χ1v) is 5.76. The quantitative estimate of drug-likeness (QED) is 0.715. The summed E-state index contributed by atoms with van der Waals surface area (Å²) in [5, 5.41) is 12.2. The number of aliphatic hydroxyl groups excluding tert-OH is 1. The van der Waals surface area contributed by atoms with E-state index in [-0.39, 0.29) is 12.5 Å². The minimum absolute atomic E-state index is 0.0249. The van der Waals surface area contributed by atoms with E-state index in [2.05, 4.69) is 5.32 Å². The number of carbonyl (C=O) groups excluding carboxylic acids is 1. The Labute approximate surface area is 90.0 Å². The van der Waals surface area contributed by atoms with Gasteiger partial charge in [-0.1, -0.05) is 19.3 Å². The molecule has 0 unspecified atom stereocenters. The van der Waals surface area contributed by atoms with Crippen molar-refractivity contribution in [2.45, 2.75) is 38.1 Å². The average Bonchev–Trinajstić information content (AvgIpc) is 2.18. The van der Waals surface area contributed by atoms with Crippen molar-refractivity contribution in [2.75, 3.05) is 19.8 Å². The Morgan fingerprint density at radius 1 is 1.33 bits per heavy atom. The highest BCUT2D eigenvalue weighted by molar-refractivity contribution is 5.84. The number of amides is 1. The van der Waals surface area contributed by atoms with Gasteiger partial charge in [0.05, 0.1) is 19.8 Å². The highest BCUT2D eigenvalue weighted by atomic mass is 16.5. The van der Waals surface area contributed by atoms with Crippen LogP contribution in [0, 0.1) is 5.41 Å². The van der Waals surface area contributed by atoms with E-state index in [4.69, 9.17) is 4.74 Å². The van der Waals surface area contributed by atoms with Crippen molar-refractivity contribution in [1.29, 1.82) is 0 Å². The molecule has 2 aliphatic rings. The Kier molecular flexibility index (Phi) is 3.26. The molecular weight excluding hydrogens is 194 g/mol. The van der Waals surface area contributed by atoms with Gasteiger partial charge in [-0.05, 0) is 12.8 Å². The summed E-state index contributed by atoms with van der Waals surface area (Å²) in [7, 11) is 0. The highest BCUT2D eigenvalue weighted by Crippen LogP contribution is 2.28. The summed E-state index contributed by atoms with van der Waals surface area (Å²) in [4.78, 5) is 11.9. The van der Waals surface area contributed by atoms with Crippen molar-refractivity contribution in [3.8, 4) is 0 Å². The lowest BCUT2D eigenvalue weighted by molar-refractivity contribution is -0.170. The SMILES string of the molecule is O=C(NC1CCCCC1)C1(CO)COC1. The molecule has 0 bridgehead atoms. The first-order valence-electron chi connectivity index (χ1n) is 5.76. The first-order chi connectivity index (χ1) is 7.27. The Hall–Kier alpha value is -0.610. The van der Waals surface area contributed by atoms with Crippen molar-refractivity contribution in [1.82, 2.24) is 5.32 Å². The predicted molar refractivity (Wildman–Crippen MR) is 55.4 cm³/mol. The maximum absolute atomic E-state index is 11.9. The summed E-state index contributed by atoms with van der Waals surface area (Å²) in [6.07, 6.45) is 5.84. The summed E-state index contributed by atoms with van der Waals surface area (Å²) in [5.41, 5.74) is -0.641. The van der Waals surface area contributed by atoms with E-state index < -0.39 is 5.41 Å². The lowest BCUT2D eigenvalue weighted by Gasteiger charge is -2.39. The zero-order chi connectivity index (χ0) is 10.7. The van der Waals surface area contributed by atoms with Crippen molar-refractivity contribution >= 4 is 5.91 Å². The van der Waals surface area contributed by atoms with Crippen LogP contribution in [0.15, 0.2) is 0 Å². The molecular formula is C11H19NO3. The summed E-state index contributed by atoms with van der Waals surface area (Å²) < 4.78 is 5.02. The normalized spacial score (nSPS) is 25.7. The van der Waals surface area contributed by atoms with Crippen LogP contribution in [0.5, 0.6) is 0 Å². The number of ether oxygens (including phenoxy) is 1. The molecule has 15 heavy (non-hydrogen) atoms. The Bertz CT molecular complexity index is 226. The maximum Gasteiger partial charge on any atom is 0.233 e. The molecule has 0 spiro atoms. The topological polar surface area (TPSA) is 58.6 Å². The van der Waals surface area contributed by atoms with Gasteiger partial charge in [0.15, 0.2) is 0 Å². The van der Waals surface area contributed by atoms with E-state index >= 15 is 0 Å². The van der Waals surface area contributed by atoms with Crippen LogP contribution in [0.2, 0.25) is 0 Å². The van der Waals surface area contributed by atoms with Gasteiger partial charge in [0.2, 0.25) is 5.91 Å². The minimum atomic E-state index is -0.641. The zero-order valence-corrected chi connectivity index (χ0v) is 9.00. The van der Waals surface area contributed by atoms with Crippen LogP contribution < -0.4 is 5.32 Å². The van der Waals surface area contributed by atoms with Crippen LogP contribution in [-0.2, 0) is 9.53 Å². The molecule has 2 fully saturated rings. The monoisotopic (exact) mass is 213 g/mol. The molecule has 1 aliphatic carbocycles. The van der Waals surface area contributed by atoms with Gasteiger partial charge in [-0.2, -0.15) is 0 Å². The van der Waals surface area contributed by atoms with Crippen LogP contribution in [0.25, 0.3) is 0 Å². The highest BCUT2D eigenvalue weighted by Gasteiger charge is 2.45. The minimum Gasteiger partial charge on any atom is -0.395 e. The van der Waals surface area contributed by atoms with Crippen LogP contribution in [-0.4, -0.2) is 36.9 Å². The Morgan fingerprint density at radius 2 is 2.00 bits per heavy atom. The molecule has 0 atom stereocenters. The van der Waals surface area contributed by atoms with E-state index in [1.54, 1.807) is 0 Å². The molecule has 1 aliphatic heterocycles. The van der Waals surface area contributed by atoms with Gasteiger partial charge >= 0.3 is 0 Å². The van der Waals surface area contributed by atoms with Crippen molar-refractivity contribution in [3.05, 3.63) is 0 Å². The fourth-order valence-electron chi connectivity index (χ4n) is 2.23. The fourth-order valence-corrected chi connectivity index (χ4v) is 2.23. The van der Waals surface area contributed by atoms with E-state index in [9.17, 15) is 9.90 Å². The van der Waals surface area contributed by atoms with Crippen LogP contribution >= 0.6 is 0 Å².